The van der Waals surface area contributed by atoms with Crippen molar-refractivity contribution in [2.24, 2.45) is 17.6 Å². The van der Waals surface area contributed by atoms with E-state index in [0.29, 0.717) is 12.8 Å². The Bertz CT molecular complexity index is 373. The molecule has 5 nitrogen and oxygen atoms in total. The minimum atomic E-state index is -0.879. The van der Waals surface area contributed by atoms with Crippen LogP contribution in [0.1, 0.15) is 38.5 Å². The molecular formula is C14H22N2O3. The molecule has 0 unspecified atom stereocenters. The average molecular weight is 266 g/mol. The van der Waals surface area contributed by atoms with Crippen molar-refractivity contribution in [2.75, 3.05) is 0 Å². The van der Waals surface area contributed by atoms with Crippen LogP contribution in [0.25, 0.3) is 0 Å². The third kappa shape index (κ3) is 3.56. The minimum Gasteiger partial charge on any atom is -0.481 e. The van der Waals surface area contributed by atoms with Crippen molar-refractivity contribution in [3.05, 3.63) is 12.2 Å². The molecule has 106 valence electrons. The number of carbonyl (C=O) groups is 2. The SMILES string of the molecule is NC1CCC(NC(=O)[C@@H]2CC=CC[C@@H]2C(=O)O)CC1. The molecule has 1 saturated carbocycles. The Morgan fingerprint density at radius 3 is 2.21 bits per heavy atom. The summed E-state index contributed by atoms with van der Waals surface area (Å²) in [5, 5.41) is 12.2. The maximum atomic E-state index is 12.2. The summed E-state index contributed by atoms with van der Waals surface area (Å²) < 4.78 is 0. The second kappa shape index (κ2) is 6.19. The monoisotopic (exact) mass is 266 g/mol. The lowest BCUT2D eigenvalue weighted by atomic mass is 9.82. The first kappa shape index (κ1) is 14.1. The number of hydrogen-bond acceptors (Lipinski definition) is 3. The van der Waals surface area contributed by atoms with E-state index in [1.165, 1.54) is 0 Å². The van der Waals surface area contributed by atoms with Gasteiger partial charge >= 0.3 is 5.97 Å². The van der Waals surface area contributed by atoms with E-state index < -0.39 is 17.8 Å². The van der Waals surface area contributed by atoms with Gasteiger partial charge < -0.3 is 16.2 Å². The molecule has 0 saturated heterocycles. The van der Waals surface area contributed by atoms with Crippen molar-refractivity contribution in [2.45, 2.75) is 50.6 Å². The molecule has 0 aliphatic heterocycles. The molecule has 5 heteroatoms. The van der Waals surface area contributed by atoms with Crippen LogP contribution in [0.5, 0.6) is 0 Å². The van der Waals surface area contributed by atoms with E-state index in [2.05, 4.69) is 5.32 Å². The second-order valence-electron chi connectivity index (χ2n) is 5.61. The Labute approximate surface area is 113 Å². The summed E-state index contributed by atoms with van der Waals surface area (Å²) in [6, 6.07) is 0.408. The average Bonchev–Trinajstić information content (AvgIpc) is 2.41. The molecular weight excluding hydrogens is 244 g/mol. The van der Waals surface area contributed by atoms with Gasteiger partial charge in [-0.1, -0.05) is 12.2 Å². The molecule has 4 N–H and O–H groups in total. The van der Waals surface area contributed by atoms with Gasteiger partial charge in [0.1, 0.15) is 0 Å². The van der Waals surface area contributed by atoms with Gasteiger partial charge in [0, 0.05) is 12.1 Å². The molecule has 0 aromatic carbocycles. The molecule has 0 heterocycles. The highest BCUT2D eigenvalue weighted by molar-refractivity contribution is 5.85. The standard InChI is InChI=1S/C14H22N2O3/c15-9-5-7-10(8-6-9)16-13(17)11-3-1-2-4-12(11)14(18)19/h1-2,9-12H,3-8,15H2,(H,16,17)(H,18,19)/t9?,10?,11-,12+/m1/s1. The highest BCUT2D eigenvalue weighted by Crippen LogP contribution is 2.27. The van der Waals surface area contributed by atoms with E-state index in [9.17, 15) is 9.59 Å². The van der Waals surface area contributed by atoms with Gasteiger partial charge in [0.25, 0.3) is 0 Å². The molecule has 2 rings (SSSR count). The molecule has 0 bridgehead atoms. The number of carbonyl (C=O) groups excluding carboxylic acids is 1. The molecule has 1 amide bonds. The normalized spacial score (nSPS) is 34.8. The number of hydrogen-bond donors (Lipinski definition) is 3. The maximum absolute atomic E-state index is 12.2. The van der Waals surface area contributed by atoms with Crippen LogP contribution < -0.4 is 11.1 Å². The minimum absolute atomic E-state index is 0.114. The molecule has 0 spiro atoms. The Balaban J connectivity index is 1.91. The third-order valence-electron chi connectivity index (χ3n) is 4.20. The number of carboxylic acid groups (broad SMARTS) is 1. The van der Waals surface area contributed by atoms with Gasteiger partial charge in [-0.3, -0.25) is 9.59 Å². The smallest absolute Gasteiger partial charge is 0.307 e. The maximum Gasteiger partial charge on any atom is 0.307 e. The predicted molar refractivity (Wildman–Crippen MR) is 71.4 cm³/mol. The first-order valence-electron chi connectivity index (χ1n) is 7.01. The second-order valence-corrected chi connectivity index (χ2v) is 5.61. The lowest BCUT2D eigenvalue weighted by Gasteiger charge is -2.30. The Kier molecular flexibility index (Phi) is 4.58. The molecule has 2 aliphatic carbocycles. The van der Waals surface area contributed by atoms with E-state index in [0.717, 1.165) is 25.7 Å². The van der Waals surface area contributed by atoms with Gasteiger partial charge in [0.15, 0.2) is 0 Å². The Hall–Kier alpha value is -1.36. The van der Waals surface area contributed by atoms with Gasteiger partial charge in [0.05, 0.1) is 11.8 Å². The first-order valence-corrected chi connectivity index (χ1v) is 7.01. The van der Waals surface area contributed by atoms with Gasteiger partial charge in [0.2, 0.25) is 5.91 Å². The summed E-state index contributed by atoms with van der Waals surface area (Å²) in [7, 11) is 0. The molecule has 0 aromatic heterocycles. The largest absolute Gasteiger partial charge is 0.481 e. The zero-order valence-electron chi connectivity index (χ0n) is 11.0. The van der Waals surface area contributed by atoms with Gasteiger partial charge in [-0.15, -0.1) is 0 Å². The third-order valence-corrected chi connectivity index (χ3v) is 4.20. The van der Waals surface area contributed by atoms with Gasteiger partial charge in [-0.2, -0.15) is 0 Å². The van der Waals surface area contributed by atoms with Gasteiger partial charge in [-0.05, 0) is 38.5 Å². The fourth-order valence-electron chi connectivity index (χ4n) is 2.95. The molecule has 1 fully saturated rings. The number of nitrogens with two attached hydrogens (primary N) is 1. The van der Waals surface area contributed by atoms with Crippen molar-refractivity contribution in [3.63, 3.8) is 0 Å². The number of allylic oxidation sites excluding steroid dienone is 2. The van der Waals surface area contributed by atoms with Crippen molar-refractivity contribution in [1.29, 1.82) is 0 Å². The molecule has 2 aliphatic rings. The van der Waals surface area contributed by atoms with E-state index in [1.807, 2.05) is 12.2 Å². The summed E-state index contributed by atoms with van der Waals surface area (Å²) in [6.45, 7) is 0. The Morgan fingerprint density at radius 1 is 1.05 bits per heavy atom. The topological polar surface area (TPSA) is 92.4 Å². The highest BCUT2D eigenvalue weighted by Gasteiger charge is 2.35. The summed E-state index contributed by atoms with van der Waals surface area (Å²) in [6.07, 6.45) is 8.37. The van der Waals surface area contributed by atoms with Crippen LogP contribution in [0, 0.1) is 11.8 Å². The van der Waals surface area contributed by atoms with Crippen LogP contribution in [-0.4, -0.2) is 29.1 Å². The molecule has 19 heavy (non-hydrogen) atoms. The fraction of sp³-hybridized carbons (Fsp3) is 0.714. The van der Waals surface area contributed by atoms with Crippen LogP contribution >= 0.6 is 0 Å². The predicted octanol–water partition coefficient (Wildman–Crippen LogP) is 1.04. The van der Waals surface area contributed by atoms with Crippen molar-refractivity contribution < 1.29 is 14.7 Å². The van der Waals surface area contributed by atoms with Crippen LogP contribution in [0.4, 0.5) is 0 Å². The van der Waals surface area contributed by atoms with Crippen molar-refractivity contribution >= 4 is 11.9 Å². The lowest BCUT2D eigenvalue weighted by Crippen LogP contribution is -2.45. The number of aliphatic carboxylic acids is 1. The van der Waals surface area contributed by atoms with Crippen LogP contribution in [-0.2, 0) is 9.59 Å². The number of amides is 1. The van der Waals surface area contributed by atoms with E-state index in [4.69, 9.17) is 10.8 Å². The van der Waals surface area contributed by atoms with Crippen LogP contribution in [0.2, 0.25) is 0 Å². The molecule has 0 aromatic rings. The number of rotatable bonds is 3. The highest BCUT2D eigenvalue weighted by atomic mass is 16.4. The number of carboxylic acids is 1. The fourth-order valence-corrected chi connectivity index (χ4v) is 2.95. The quantitative estimate of drug-likeness (QED) is 0.665. The zero-order valence-corrected chi connectivity index (χ0v) is 11.0. The van der Waals surface area contributed by atoms with E-state index >= 15 is 0 Å². The van der Waals surface area contributed by atoms with Crippen molar-refractivity contribution in [3.8, 4) is 0 Å². The Morgan fingerprint density at radius 2 is 1.63 bits per heavy atom. The van der Waals surface area contributed by atoms with Crippen LogP contribution in [0.15, 0.2) is 12.2 Å². The summed E-state index contributed by atoms with van der Waals surface area (Å²) >= 11 is 0. The van der Waals surface area contributed by atoms with Crippen LogP contribution in [0.3, 0.4) is 0 Å². The summed E-state index contributed by atoms with van der Waals surface area (Å²) in [4.78, 5) is 23.4. The van der Waals surface area contributed by atoms with Gasteiger partial charge in [-0.25, -0.2) is 0 Å². The molecule has 0 radical (unpaired) electrons. The van der Waals surface area contributed by atoms with E-state index in [-0.39, 0.29) is 18.0 Å². The lowest BCUT2D eigenvalue weighted by molar-refractivity contribution is -0.147. The number of nitrogens with one attached hydrogen (secondary N) is 1. The first-order chi connectivity index (χ1) is 9.08. The van der Waals surface area contributed by atoms with Crippen molar-refractivity contribution in [1.82, 2.24) is 5.32 Å². The molecule has 2 atom stereocenters. The summed E-state index contributed by atoms with van der Waals surface area (Å²) in [5.74, 6) is -2.01. The van der Waals surface area contributed by atoms with E-state index in [1.54, 1.807) is 0 Å². The summed E-state index contributed by atoms with van der Waals surface area (Å²) in [5.41, 5.74) is 5.83. The zero-order chi connectivity index (χ0) is 13.8.